The van der Waals surface area contributed by atoms with Gasteiger partial charge in [0.15, 0.2) is 0 Å². The van der Waals surface area contributed by atoms with Gasteiger partial charge < -0.3 is 14.4 Å². The molecule has 0 N–H and O–H groups in total. The van der Waals surface area contributed by atoms with Crippen LogP contribution in [0, 0.1) is 0 Å². The number of likely N-dealkylation sites (tertiary alicyclic amines) is 1. The van der Waals surface area contributed by atoms with Gasteiger partial charge in [0, 0.05) is 36.6 Å². The van der Waals surface area contributed by atoms with E-state index in [2.05, 4.69) is 36.4 Å². The third-order valence-electron chi connectivity index (χ3n) is 4.47. The Kier molecular flexibility index (Phi) is 6.89. The Labute approximate surface area is 172 Å². The highest BCUT2D eigenvalue weighted by molar-refractivity contribution is 7.98. The molecule has 2 aromatic carbocycles. The van der Waals surface area contributed by atoms with Crippen molar-refractivity contribution >= 4 is 17.9 Å². The number of thioether (sulfide) groups is 1. The maximum Gasteiger partial charge on any atom is 0.410 e. The summed E-state index contributed by atoms with van der Waals surface area (Å²) < 4.78 is 11.6. The van der Waals surface area contributed by atoms with Crippen LogP contribution < -0.4 is 4.74 Å². The predicted molar refractivity (Wildman–Crippen MR) is 114 cm³/mol. The fourth-order valence-electron chi connectivity index (χ4n) is 3.03. The molecule has 1 amide bonds. The van der Waals surface area contributed by atoms with E-state index in [0.29, 0.717) is 13.1 Å². The van der Waals surface area contributed by atoms with Gasteiger partial charge in [-0.25, -0.2) is 4.79 Å². The third-order valence-corrected chi connectivity index (χ3v) is 5.55. The van der Waals surface area contributed by atoms with E-state index >= 15 is 0 Å². The largest absolute Gasteiger partial charge is 0.490 e. The molecule has 0 spiro atoms. The van der Waals surface area contributed by atoms with E-state index in [1.165, 1.54) is 10.5 Å². The lowest BCUT2D eigenvalue weighted by molar-refractivity contribution is 0.0126. The fourth-order valence-corrected chi connectivity index (χ4v) is 3.88. The number of ether oxygens (including phenoxy) is 2. The maximum atomic E-state index is 12.1. The molecule has 150 valence electrons. The van der Waals surface area contributed by atoms with E-state index < -0.39 is 5.60 Å². The first-order chi connectivity index (χ1) is 13.4. The molecule has 3 rings (SSSR count). The Morgan fingerprint density at radius 3 is 2.29 bits per heavy atom. The molecule has 0 unspecified atom stereocenters. The molecule has 0 radical (unpaired) electrons. The summed E-state index contributed by atoms with van der Waals surface area (Å²) in [5, 5.41) is 0. The molecule has 2 aromatic rings. The average Bonchev–Trinajstić information content (AvgIpc) is 2.67. The Balaban J connectivity index is 1.43. The van der Waals surface area contributed by atoms with Crippen molar-refractivity contribution in [3.05, 3.63) is 60.2 Å². The summed E-state index contributed by atoms with van der Waals surface area (Å²) in [6.45, 7) is 7.02. The quantitative estimate of drug-likeness (QED) is 0.600. The smallest absolute Gasteiger partial charge is 0.410 e. The molecule has 5 heteroatoms. The molecular weight excluding hydrogens is 370 g/mol. The lowest BCUT2D eigenvalue weighted by Gasteiger charge is -2.33. The van der Waals surface area contributed by atoms with Gasteiger partial charge in [0.2, 0.25) is 0 Å². The maximum absolute atomic E-state index is 12.1. The second kappa shape index (κ2) is 9.37. The third kappa shape index (κ3) is 6.48. The zero-order chi connectivity index (χ0) is 20.0. The van der Waals surface area contributed by atoms with Gasteiger partial charge in [-0.3, -0.25) is 0 Å². The zero-order valence-corrected chi connectivity index (χ0v) is 17.7. The van der Waals surface area contributed by atoms with Crippen LogP contribution in [0.15, 0.2) is 59.5 Å². The van der Waals surface area contributed by atoms with Crippen LogP contribution in [-0.4, -0.2) is 35.8 Å². The first-order valence-electron chi connectivity index (χ1n) is 9.80. The molecule has 0 bridgehead atoms. The van der Waals surface area contributed by atoms with Gasteiger partial charge in [-0.05, 0) is 50.6 Å². The second-order valence-electron chi connectivity index (χ2n) is 8.03. The monoisotopic (exact) mass is 399 g/mol. The van der Waals surface area contributed by atoms with Crippen LogP contribution in [-0.2, 0) is 10.5 Å². The number of hydrogen-bond acceptors (Lipinski definition) is 4. The van der Waals surface area contributed by atoms with Crippen LogP contribution in [0.3, 0.4) is 0 Å². The Morgan fingerprint density at radius 1 is 1.04 bits per heavy atom. The summed E-state index contributed by atoms with van der Waals surface area (Å²) in [7, 11) is 0. The van der Waals surface area contributed by atoms with Gasteiger partial charge in [0.05, 0.1) is 0 Å². The summed E-state index contributed by atoms with van der Waals surface area (Å²) >= 11 is 1.82. The normalized spacial score (nSPS) is 15.3. The topological polar surface area (TPSA) is 38.8 Å². The average molecular weight is 400 g/mol. The molecule has 1 aliphatic rings. The standard InChI is InChI=1S/C23H29NO3S/c1-23(2,3)27-22(25)24-15-13-20(14-16-24)26-19-9-11-21(12-10-19)28-17-18-7-5-4-6-8-18/h4-12,20H,13-17H2,1-3H3. The van der Waals surface area contributed by atoms with Crippen molar-refractivity contribution in [1.82, 2.24) is 4.90 Å². The highest BCUT2D eigenvalue weighted by Gasteiger charge is 2.27. The Morgan fingerprint density at radius 2 is 1.68 bits per heavy atom. The molecule has 0 atom stereocenters. The number of rotatable bonds is 5. The van der Waals surface area contributed by atoms with Crippen molar-refractivity contribution in [2.45, 2.75) is 56.0 Å². The first kappa shape index (κ1) is 20.6. The van der Waals surface area contributed by atoms with E-state index in [-0.39, 0.29) is 12.2 Å². The first-order valence-corrected chi connectivity index (χ1v) is 10.8. The molecule has 28 heavy (non-hydrogen) atoms. The molecule has 1 saturated heterocycles. The molecule has 4 nitrogen and oxygen atoms in total. The lowest BCUT2D eigenvalue weighted by atomic mass is 10.1. The van der Waals surface area contributed by atoms with Crippen molar-refractivity contribution < 1.29 is 14.3 Å². The summed E-state index contributed by atoms with van der Waals surface area (Å²) in [6.07, 6.45) is 1.56. The highest BCUT2D eigenvalue weighted by atomic mass is 32.2. The summed E-state index contributed by atoms with van der Waals surface area (Å²) in [4.78, 5) is 15.1. The Bertz CT molecular complexity index is 748. The van der Waals surface area contributed by atoms with Gasteiger partial charge in [-0.2, -0.15) is 0 Å². The second-order valence-corrected chi connectivity index (χ2v) is 9.08. The van der Waals surface area contributed by atoms with Crippen LogP contribution in [0.25, 0.3) is 0 Å². The van der Waals surface area contributed by atoms with Gasteiger partial charge in [-0.1, -0.05) is 30.3 Å². The molecular formula is C23H29NO3S. The van der Waals surface area contributed by atoms with E-state index in [4.69, 9.17) is 9.47 Å². The van der Waals surface area contributed by atoms with Gasteiger partial charge >= 0.3 is 6.09 Å². The van der Waals surface area contributed by atoms with Crippen LogP contribution in [0.5, 0.6) is 5.75 Å². The zero-order valence-electron chi connectivity index (χ0n) is 16.9. The number of carbonyl (C=O) groups excluding carboxylic acids is 1. The highest BCUT2D eigenvalue weighted by Crippen LogP contribution is 2.26. The molecule has 0 aromatic heterocycles. The van der Waals surface area contributed by atoms with Crippen LogP contribution in [0.2, 0.25) is 0 Å². The molecule has 1 heterocycles. The Hall–Kier alpha value is -2.14. The van der Waals surface area contributed by atoms with Gasteiger partial charge in [-0.15, -0.1) is 11.8 Å². The summed E-state index contributed by atoms with van der Waals surface area (Å²) in [5.74, 6) is 1.85. The van der Waals surface area contributed by atoms with Crippen LogP contribution in [0.1, 0.15) is 39.2 Å². The van der Waals surface area contributed by atoms with E-state index in [9.17, 15) is 4.79 Å². The lowest BCUT2D eigenvalue weighted by Crippen LogP contribution is -2.44. The summed E-state index contributed by atoms with van der Waals surface area (Å²) in [6, 6.07) is 18.8. The number of carbonyl (C=O) groups is 1. The molecule has 0 saturated carbocycles. The minimum Gasteiger partial charge on any atom is -0.490 e. The van der Waals surface area contributed by atoms with Crippen molar-refractivity contribution in [3.63, 3.8) is 0 Å². The van der Waals surface area contributed by atoms with E-state index in [0.717, 1.165) is 24.3 Å². The minimum absolute atomic E-state index is 0.140. The van der Waals surface area contributed by atoms with Gasteiger partial charge in [0.1, 0.15) is 17.5 Å². The van der Waals surface area contributed by atoms with Crippen LogP contribution in [0.4, 0.5) is 4.79 Å². The fraction of sp³-hybridized carbons (Fsp3) is 0.435. The minimum atomic E-state index is -0.454. The van der Waals surface area contributed by atoms with Crippen LogP contribution >= 0.6 is 11.8 Å². The number of piperidine rings is 1. The van der Waals surface area contributed by atoms with E-state index in [1.54, 1.807) is 4.90 Å². The number of hydrogen-bond donors (Lipinski definition) is 0. The van der Waals surface area contributed by atoms with Crippen molar-refractivity contribution in [2.75, 3.05) is 13.1 Å². The molecule has 0 aliphatic carbocycles. The number of nitrogens with zero attached hydrogens (tertiary/aromatic N) is 1. The predicted octanol–water partition coefficient (Wildman–Crippen LogP) is 5.76. The SMILES string of the molecule is CC(C)(C)OC(=O)N1CCC(Oc2ccc(SCc3ccccc3)cc2)CC1. The van der Waals surface area contributed by atoms with Gasteiger partial charge in [0.25, 0.3) is 0 Å². The molecule has 1 aliphatic heterocycles. The van der Waals surface area contributed by atoms with Crippen molar-refractivity contribution in [2.24, 2.45) is 0 Å². The van der Waals surface area contributed by atoms with Crippen molar-refractivity contribution in [3.8, 4) is 5.75 Å². The number of benzene rings is 2. The number of amides is 1. The molecule has 1 fully saturated rings. The summed E-state index contributed by atoms with van der Waals surface area (Å²) in [5.41, 5.74) is 0.870. The van der Waals surface area contributed by atoms with E-state index in [1.807, 2.05) is 50.7 Å². The van der Waals surface area contributed by atoms with Crippen molar-refractivity contribution in [1.29, 1.82) is 0 Å².